The molecule has 3 rings (SSSR count). The monoisotopic (exact) mass is 333 g/mol. The zero-order valence-corrected chi connectivity index (χ0v) is 13.7. The average Bonchev–Trinajstić information content (AvgIpc) is 2.65. The minimum atomic E-state index is -3.31. The molecule has 1 aliphatic heterocycles. The van der Waals surface area contributed by atoms with Gasteiger partial charge in [-0.15, -0.1) is 0 Å². The van der Waals surface area contributed by atoms with Gasteiger partial charge in [0.2, 0.25) is 10.0 Å². The van der Waals surface area contributed by atoms with Gasteiger partial charge >= 0.3 is 0 Å². The minimum Gasteiger partial charge on any atom is -0.384 e. The summed E-state index contributed by atoms with van der Waals surface area (Å²) in [7, 11) is -3.31. The van der Waals surface area contributed by atoms with Gasteiger partial charge in [0.15, 0.2) is 0 Å². The van der Waals surface area contributed by atoms with Crippen molar-refractivity contribution < 1.29 is 8.42 Å². The third-order valence-corrected chi connectivity index (χ3v) is 4.95. The number of anilines is 2. The summed E-state index contributed by atoms with van der Waals surface area (Å²) in [6.45, 7) is 2.16. The zero-order chi connectivity index (χ0) is 16.4. The highest BCUT2D eigenvalue weighted by Crippen LogP contribution is 2.27. The van der Waals surface area contributed by atoms with E-state index in [2.05, 4.69) is 14.9 Å². The van der Waals surface area contributed by atoms with Gasteiger partial charge in [0.25, 0.3) is 0 Å². The van der Waals surface area contributed by atoms with Crippen LogP contribution in [0.2, 0.25) is 0 Å². The Bertz CT molecular complexity index is 809. The molecule has 1 aromatic heterocycles. The first kappa shape index (κ1) is 15.7. The lowest BCUT2D eigenvalue weighted by atomic mass is 10.1. The Morgan fingerprint density at radius 2 is 2.00 bits per heavy atom. The molecule has 0 spiro atoms. The molecule has 0 amide bonds. The molecule has 0 saturated carbocycles. The van der Waals surface area contributed by atoms with Crippen molar-refractivity contribution in [1.29, 1.82) is 0 Å². The molecule has 0 unspecified atom stereocenters. The van der Waals surface area contributed by atoms with Crippen molar-refractivity contribution in [3.63, 3.8) is 0 Å². The van der Waals surface area contributed by atoms with Crippen LogP contribution in [0.4, 0.5) is 11.5 Å². The van der Waals surface area contributed by atoms with Gasteiger partial charge in [-0.05, 0) is 17.7 Å². The number of para-hydroxylation sites is 1. The van der Waals surface area contributed by atoms with Crippen molar-refractivity contribution in [3.8, 4) is 0 Å². The van der Waals surface area contributed by atoms with Crippen LogP contribution in [0, 0.1) is 0 Å². The summed E-state index contributed by atoms with van der Waals surface area (Å²) in [5, 5.41) is 0. The van der Waals surface area contributed by atoms with E-state index >= 15 is 0 Å². The topological polar surface area (TPSA) is 92.4 Å². The molecular weight excluding hydrogens is 314 g/mol. The number of fused-ring (bicyclic) bond motifs is 1. The van der Waals surface area contributed by atoms with Crippen molar-refractivity contribution >= 4 is 21.5 Å². The molecule has 7 nitrogen and oxygen atoms in total. The zero-order valence-electron chi connectivity index (χ0n) is 12.9. The maximum atomic E-state index is 12.1. The van der Waals surface area contributed by atoms with Gasteiger partial charge in [-0.1, -0.05) is 18.2 Å². The summed E-state index contributed by atoms with van der Waals surface area (Å²) < 4.78 is 25.6. The van der Waals surface area contributed by atoms with Gasteiger partial charge in [0, 0.05) is 25.8 Å². The fourth-order valence-corrected chi connectivity index (χ4v) is 3.68. The molecule has 2 N–H and O–H groups in total. The molecule has 8 heteroatoms. The van der Waals surface area contributed by atoms with Gasteiger partial charge in [0.1, 0.15) is 11.6 Å². The minimum absolute atomic E-state index is 0.401. The van der Waals surface area contributed by atoms with E-state index in [1.807, 2.05) is 24.3 Å². The van der Waals surface area contributed by atoms with Gasteiger partial charge in [-0.25, -0.2) is 18.4 Å². The largest absolute Gasteiger partial charge is 0.384 e. The standard InChI is InChI=1S/C15H19N5O2S/c1-23(21,22)20-9-8-19(10-12-4-2-3-5-13(12)20)11-15-17-7-6-14(16)18-15/h2-7H,8-11H2,1H3,(H2,16,17,18). The number of aromatic nitrogens is 2. The van der Waals surface area contributed by atoms with Crippen molar-refractivity contribution in [2.24, 2.45) is 0 Å². The van der Waals surface area contributed by atoms with Crippen LogP contribution in [0.1, 0.15) is 11.4 Å². The second-order valence-corrected chi connectivity index (χ2v) is 7.48. The van der Waals surface area contributed by atoms with E-state index in [4.69, 9.17) is 5.73 Å². The normalized spacial score (nSPS) is 16.0. The van der Waals surface area contributed by atoms with E-state index in [0.29, 0.717) is 37.8 Å². The Morgan fingerprint density at radius 1 is 1.22 bits per heavy atom. The van der Waals surface area contributed by atoms with E-state index in [-0.39, 0.29) is 0 Å². The van der Waals surface area contributed by atoms with Gasteiger partial charge in [-0.2, -0.15) is 0 Å². The molecule has 0 atom stereocenters. The van der Waals surface area contributed by atoms with Gasteiger partial charge in [0.05, 0.1) is 18.5 Å². The lowest BCUT2D eigenvalue weighted by Gasteiger charge is -2.22. The highest BCUT2D eigenvalue weighted by Gasteiger charge is 2.25. The number of nitrogens with two attached hydrogens (primary N) is 1. The number of hydrogen-bond acceptors (Lipinski definition) is 6. The van der Waals surface area contributed by atoms with Crippen LogP contribution in [-0.4, -0.2) is 42.6 Å². The van der Waals surface area contributed by atoms with Crippen LogP contribution in [0.5, 0.6) is 0 Å². The summed E-state index contributed by atoms with van der Waals surface area (Å²) in [4.78, 5) is 10.6. The number of nitrogen functional groups attached to an aromatic ring is 1. The predicted molar refractivity (Wildman–Crippen MR) is 89.2 cm³/mol. The summed E-state index contributed by atoms with van der Waals surface area (Å²) in [6.07, 6.45) is 2.87. The fourth-order valence-electron chi connectivity index (χ4n) is 2.73. The average molecular weight is 333 g/mol. The van der Waals surface area contributed by atoms with E-state index in [9.17, 15) is 8.42 Å². The SMILES string of the molecule is CS(=O)(=O)N1CCN(Cc2nccc(N)n2)Cc2ccccc21. The summed E-state index contributed by atoms with van der Waals surface area (Å²) in [5.41, 5.74) is 7.41. The van der Waals surface area contributed by atoms with Gasteiger partial charge < -0.3 is 5.73 Å². The van der Waals surface area contributed by atoms with Crippen LogP contribution >= 0.6 is 0 Å². The Morgan fingerprint density at radius 3 is 2.74 bits per heavy atom. The molecule has 2 heterocycles. The van der Waals surface area contributed by atoms with Crippen molar-refractivity contribution in [3.05, 3.63) is 47.9 Å². The lowest BCUT2D eigenvalue weighted by Crippen LogP contribution is -2.35. The van der Waals surface area contributed by atoms with E-state index in [1.54, 1.807) is 12.3 Å². The molecule has 1 aliphatic rings. The number of sulfonamides is 1. The Labute approximate surface area is 135 Å². The first-order valence-corrected chi connectivity index (χ1v) is 9.14. The number of benzene rings is 1. The molecular formula is C15H19N5O2S. The maximum Gasteiger partial charge on any atom is 0.232 e. The quantitative estimate of drug-likeness (QED) is 0.895. The van der Waals surface area contributed by atoms with E-state index < -0.39 is 10.0 Å². The van der Waals surface area contributed by atoms with Crippen LogP contribution in [-0.2, 0) is 23.1 Å². The Kier molecular flexibility index (Phi) is 4.18. The number of nitrogens with zero attached hydrogens (tertiary/aromatic N) is 4. The highest BCUT2D eigenvalue weighted by atomic mass is 32.2. The van der Waals surface area contributed by atoms with Crippen molar-refractivity contribution in [2.45, 2.75) is 13.1 Å². The molecule has 0 fully saturated rings. The molecule has 0 bridgehead atoms. The van der Waals surface area contributed by atoms with Crippen LogP contribution in [0.3, 0.4) is 0 Å². The Hall–Kier alpha value is -2.19. The molecule has 0 aliphatic carbocycles. The maximum absolute atomic E-state index is 12.1. The molecule has 0 radical (unpaired) electrons. The summed E-state index contributed by atoms with van der Waals surface area (Å²) in [5.74, 6) is 1.07. The molecule has 1 aromatic carbocycles. The lowest BCUT2D eigenvalue weighted by molar-refractivity contribution is 0.263. The number of hydrogen-bond donors (Lipinski definition) is 1. The summed E-state index contributed by atoms with van der Waals surface area (Å²) in [6, 6.07) is 9.21. The third kappa shape index (κ3) is 3.59. The van der Waals surface area contributed by atoms with Crippen molar-refractivity contribution in [2.75, 3.05) is 29.4 Å². The second-order valence-electron chi connectivity index (χ2n) is 5.57. The summed E-state index contributed by atoms with van der Waals surface area (Å²) >= 11 is 0. The fraction of sp³-hybridized carbons (Fsp3) is 0.333. The van der Waals surface area contributed by atoms with Crippen LogP contribution < -0.4 is 10.0 Å². The van der Waals surface area contributed by atoms with E-state index in [1.165, 1.54) is 10.6 Å². The first-order chi connectivity index (χ1) is 10.9. The van der Waals surface area contributed by atoms with Crippen molar-refractivity contribution in [1.82, 2.24) is 14.9 Å². The molecule has 0 saturated heterocycles. The Balaban J connectivity index is 1.88. The highest BCUT2D eigenvalue weighted by molar-refractivity contribution is 7.92. The molecule has 2 aromatic rings. The van der Waals surface area contributed by atoms with Gasteiger partial charge in [-0.3, -0.25) is 9.21 Å². The first-order valence-electron chi connectivity index (χ1n) is 7.29. The number of rotatable bonds is 3. The third-order valence-electron chi connectivity index (χ3n) is 3.77. The predicted octanol–water partition coefficient (Wildman–Crippen LogP) is 0.841. The van der Waals surface area contributed by atoms with Crippen LogP contribution in [0.15, 0.2) is 36.5 Å². The second kappa shape index (κ2) is 6.13. The van der Waals surface area contributed by atoms with E-state index in [0.717, 1.165) is 11.3 Å². The smallest absolute Gasteiger partial charge is 0.232 e. The molecule has 122 valence electrons. The van der Waals surface area contributed by atoms with Crippen LogP contribution in [0.25, 0.3) is 0 Å². The molecule has 23 heavy (non-hydrogen) atoms.